The second-order valence-electron chi connectivity index (χ2n) is 10.4. The lowest BCUT2D eigenvalue weighted by molar-refractivity contribution is -0.384. The topological polar surface area (TPSA) is 106 Å². The lowest BCUT2D eigenvalue weighted by Gasteiger charge is -2.34. The van der Waals surface area contributed by atoms with Crippen molar-refractivity contribution < 1.29 is 23.9 Å². The first-order chi connectivity index (χ1) is 20.3. The molecule has 2 aliphatic rings. The van der Waals surface area contributed by atoms with Gasteiger partial charge in [-0.2, -0.15) is 0 Å². The number of ether oxygens (including phenoxy) is 3. The molecule has 1 saturated heterocycles. The van der Waals surface area contributed by atoms with Crippen LogP contribution in [0.2, 0.25) is 0 Å². The average molecular weight is 581 g/mol. The van der Waals surface area contributed by atoms with Gasteiger partial charge in [-0.25, -0.2) is 4.79 Å². The summed E-state index contributed by atoms with van der Waals surface area (Å²) in [5.41, 5.74) is 2.72. The van der Waals surface area contributed by atoms with Crippen molar-refractivity contribution in [3.8, 4) is 11.5 Å². The summed E-state index contributed by atoms with van der Waals surface area (Å²) in [6.45, 7) is 13.8. The predicted octanol–water partition coefficient (Wildman–Crippen LogP) is 5.12. The minimum Gasteiger partial charge on any atom is -0.493 e. The molecule has 228 valence electrons. The van der Waals surface area contributed by atoms with Gasteiger partial charge < -0.3 is 29.3 Å². The van der Waals surface area contributed by atoms with E-state index in [1.807, 2.05) is 37.3 Å². The number of non-ortho nitro benzene ring substituents is 1. The molecule has 2 aliphatic heterocycles. The van der Waals surface area contributed by atoms with Crippen LogP contribution >= 0.6 is 0 Å². The van der Waals surface area contributed by atoms with Crippen LogP contribution in [0.15, 0.2) is 71.6 Å². The largest absolute Gasteiger partial charge is 0.493 e. The van der Waals surface area contributed by atoms with Crippen molar-refractivity contribution in [3.05, 3.63) is 87.3 Å². The minimum absolute atomic E-state index is 0.000968. The Morgan fingerprint density at radius 3 is 2.29 bits per heavy atom. The molecule has 10 heteroatoms. The van der Waals surface area contributed by atoms with E-state index in [0.29, 0.717) is 16.8 Å². The van der Waals surface area contributed by atoms with Crippen LogP contribution in [0.4, 0.5) is 5.69 Å². The second kappa shape index (κ2) is 16.5. The molecule has 1 atom stereocenters. The van der Waals surface area contributed by atoms with Gasteiger partial charge in [0.25, 0.3) is 5.69 Å². The standard InChI is InChI=1S/C17H28N2O2.C15H16N2O4/c1-3-9-18-11-13-19(14-12-18)10-6-15-21-17-8-5-4-7-16(17)20-2;1-9-7-13(14(10(2)16-9)15(18)21-3)11-5-4-6-12(8-11)17(19)20/h4-5,7-8H,3,6,9-15H2,1-2H3;4-8,13,16H,1-3H3. The molecule has 2 aromatic carbocycles. The Kier molecular flexibility index (Phi) is 12.8. The Hall–Kier alpha value is -3.89. The third kappa shape index (κ3) is 9.32. The lowest BCUT2D eigenvalue weighted by Crippen LogP contribution is -2.46. The van der Waals surface area contributed by atoms with E-state index in [2.05, 4.69) is 22.0 Å². The Balaban J connectivity index is 0.000000230. The fraction of sp³-hybridized carbons (Fsp3) is 0.469. The molecule has 0 aliphatic carbocycles. The van der Waals surface area contributed by atoms with Gasteiger partial charge in [0.2, 0.25) is 0 Å². The second-order valence-corrected chi connectivity index (χ2v) is 10.4. The first kappa shape index (κ1) is 32.6. The molecule has 4 rings (SSSR count). The number of rotatable bonds is 11. The number of benzene rings is 2. The molecular weight excluding hydrogens is 536 g/mol. The zero-order chi connectivity index (χ0) is 30.5. The molecule has 0 radical (unpaired) electrons. The number of nitrogens with one attached hydrogen (secondary N) is 1. The number of allylic oxidation sites excluding steroid dienone is 3. The van der Waals surface area contributed by atoms with Crippen LogP contribution < -0.4 is 14.8 Å². The number of nitro benzene ring substituents is 1. The summed E-state index contributed by atoms with van der Waals surface area (Å²) in [6, 6.07) is 14.1. The van der Waals surface area contributed by atoms with Crippen LogP contribution in [0, 0.1) is 10.1 Å². The highest BCUT2D eigenvalue weighted by atomic mass is 16.6. The zero-order valence-electron chi connectivity index (χ0n) is 25.4. The summed E-state index contributed by atoms with van der Waals surface area (Å²) < 4.78 is 15.9. The van der Waals surface area contributed by atoms with Gasteiger partial charge in [-0.1, -0.05) is 37.3 Å². The minimum atomic E-state index is -0.449. The maximum absolute atomic E-state index is 12.0. The number of nitro groups is 1. The zero-order valence-corrected chi connectivity index (χ0v) is 25.4. The SMILES string of the molecule is CCCN1CCN(CCCOc2ccccc2OC)CC1.COC(=O)C1=C(C)NC(C)=CC1c1cccc([N+](=O)[O-])c1. The van der Waals surface area contributed by atoms with Crippen molar-refractivity contribution >= 4 is 11.7 Å². The van der Waals surface area contributed by atoms with Crippen molar-refractivity contribution in [2.75, 3.05) is 60.1 Å². The van der Waals surface area contributed by atoms with E-state index in [0.717, 1.165) is 36.8 Å². The number of hydrogen-bond acceptors (Lipinski definition) is 9. The average Bonchev–Trinajstić information content (AvgIpc) is 3.00. The molecule has 1 N–H and O–H groups in total. The highest BCUT2D eigenvalue weighted by molar-refractivity contribution is 5.92. The van der Waals surface area contributed by atoms with Crippen LogP contribution in [-0.2, 0) is 9.53 Å². The van der Waals surface area contributed by atoms with Crippen molar-refractivity contribution in [2.45, 2.75) is 39.5 Å². The monoisotopic (exact) mass is 580 g/mol. The fourth-order valence-electron chi connectivity index (χ4n) is 5.22. The van der Waals surface area contributed by atoms with Crippen molar-refractivity contribution in [1.82, 2.24) is 15.1 Å². The molecule has 10 nitrogen and oxygen atoms in total. The number of dihydropyridines is 1. The number of hydrogen-bond donors (Lipinski definition) is 1. The van der Waals surface area contributed by atoms with E-state index in [-0.39, 0.29) is 11.6 Å². The van der Waals surface area contributed by atoms with Gasteiger partial charge in [0, 0.05) is 62.2 Å². The lowest BCUT2D eigenvalue weighted by atomic mass is 9.86. The van der Waals surface area contributed by atoms with E-state index >= 15 is 0 Å². The first-order valence-corrected chi connectivity index (χ1v) is 14.5. The van der Waals surface area contributed by atoms with E-state index in [4.69, 9.17) is 14.2 Å². The van der Waals surface area contributed by atoms with Gasteiger partial charge in [-0.15, -0.1) is 0 Å². The van der Waals surface area contributed by atoms with Gasteiger partial charge in [-0.3, -0.25) is 10.1 Å². The first-order valence-electron chi connectivity index (χ1n) is 14.5. The maximum atomic E-state index is 12.0. The molecule has 0 aromatic heterocycles. The van der Waals surface area contributed by atoms with Crippen molar-refractivity contribution in [3.63, 3.8) is 0 Å². The predicted molar refractivity (Wildman–Crippen MR) is 164 cm³/mol. The maximum Gasteiger partial charge on any atom is 0.336 e. The van der Waals surface area contributed by atoms with Crippen molar-refractivity contribution in [2.24, 2.45) is 0 Å². The molecule has 0 amide bonds. The summed E-state index contributed by atoms with van der Waals surface area (Å²) in [6.07, 6.45) is 4.18. The summed E-state index contributed by atoms with van der Waals surface area (Å²) >= 11 is 0. The van der Waals surface area contributed by atoms with Crippen LogP contribution in [0.25, 0.3) is 0 Å². The Morgan fingerprint density at radius 1 is 1.00 bits per heavy atom. The Bertz CT molecular complexity index is 1250. The number of carbonyl (C=O) groups is 1. The molecule has 0 spiro atoms. The van der Waals surface area contributed by atoms with Gasteiger partial charge in [-0.05, 0) is 50.9 Å². The van der Waals surface area contributed by atoms with Crippen LogP contribution in [-0.4, -0.2) is 80.8 Å². The molecule has 1 fully saturated rings. The van der Waals surface area contributed by atoms with E-state index in [9.17, 15) is 14.9 Å². The number of para-hydroxylation sites is 2. The number of carbonyl (C=O) groups excluding carboxylic acids is 1. The number of piperazine rings is 1. The third-order valence-corrected chi connectivity index (χ3v) is 7.31. The van der Waals surface area contributed by atoms with Gasteiger partial charge in [0.05, 0.1) is 31.3 Å². The Labute approximate surface area is 249 Å². The van der Waals surface area contributed by atoms with E-state index in [1.165, 1.54) is 58.4 Å². The number of esters is 1. The van der Waals surface area contributed by atoms with E-state index < -0.39 is 10.9 Å². The summed E-state index contributed by atoms with van der Waals surface area (Å²) in [7, 11) is 3.00. The van der Waals surface area contributed by atoms with Gasteiger partial charge in [0.15, 0.2) is 11.5 Å². The fourth-order valence-corrected chi connectivity index (χ4v) is 5.22. The molecular formula is C32H44N4O6. The summed E-state index contributed by atoms with van der Waals surface area (Å²) in [4.78, 5) is 27.6. The number of nitrogens with zero attached hydrogens (tertiary/aromatic N) is 3. The number of methoxy groups -OCH3 is 2. The van der Waals surface area contributed by atoms with Gasteiger partial charge >= 0.3 is 5.97 Å². The smallest absolute Gasteiger partial charge is 0.336 e. The Morgan fingerprint density at radius 2 is 1.67 bits per heavy atom. The highest BCUT2D eigenvalue weighted by Gasteiger charge is 2.28. The normalized spacial score (nSPS) is 17.4. The van der Waals surface area contributed by atoms with Crippen LogP contribution in [0.5, 0.6) is 11.5 Å². The molecule has 2 heterocycles. The van der Waals surface area contributed by atoms with Crippen LogP contribution in [0.1, 0.15) is 45.1 Å². The third-order valence-electron chi connectivity index (χ3n) is 7.31. The van der Waals surface area contributed by atoms with Crippen LogP contribution in [0.3, 0.4) is 0 Å². The molecule has 0 bridgehead atoms. The van der Waals surface area contributed by atoms with Crippen molar-refractivity contribution in [1.29, 1.82) is 0 Å². The van der Waals surface area contributed by atoms with E-state index in [1.54, 1.807) is 26.2 Å². The summed E-state index contributed by atoms with van der Waals surface area (Å²) in [5.74, 6) is 0.845. The summed E-state index contributed by atoms with van der Waals surface area (Å²) in [5, 5.41) is 14.0. The molecule has 2 aromatic rings. The van der Waals surface area contributed by atoms with Gasteiger partial charge in [0.1, 0.15) is 0 Å². The molecule has 0 saturated carbocycles. The molecule has 42 heavy (non-hydrogen) atoms. The quantitative estimate of drug-likeness (QED) is 0.168. The molecule has 1 unspecified atom stereocenters. The highest BCUT2D eigenvalue weighted by Crippen LogP contribution is 2.34.